The van der Waals surface area contributed by atoms with E-state index in [0.29, 0.717) is 12.8 Å². The zero-order valence-corrected chi connectivity index (χ0v) is 19.8. The first kappa shape index (κ1) is 19.8. The highest BCUT2D eigenvalue weighted by Gasteiger charge is 2.19. The van der Waals surface area contributed by atoms with Crippen LogP contribution in [-0.2, 0) is 11.2 Å². The average molecular weight is 459 g/mol. The van der Waals surface area contributed by atoms with Crippen molar-refractivity contribution in [2.45, 2.75) is 12.8 Å². The molecule has 0 spiro atoms. The van der Waals surface area contributed by atoms with Crippen molar-refractivity contribution in [2.75, 3.05) is 0 Å². The lowest BCUT2D eigenvalue weighted by Gasteiger charge is -2.18. The van der Waals surface area contributed by atoms with Crippen LogP contribution >= 0.6 is 0 Å². The van der Waals surface area contributed by atoms with E-state index in [4.69, 9.17) is 0 Å². The Bertz CT molecular complexity index is 2130. The number of benzene rings is 7. The van der Waals surface area contributed by atoms with Gasteiger partial charge in [-0.05, 0) is 148 Å². The number of hydrogen-bond acceptors (Lipinski definition) is 1. The second-order valence-electron chi connectivity index (χ2n) is 10.3. The minimum absolute atomic E-state index is 0.256. The van der Waals surface area contributed by atoms with E-state index in [1.54, 1.807) is 0 Å². The molecule has 8 rings (SSSR count). The molecule has 7 aromatic carbocycles. The van der Waals surface area contributed by atoms with Crippen molar-refractivity contribution in [1.29, 1.82) is 0 Å². The van der Waals surface area contributed by atoms with Crippen molar-refractivity contribution in [2.24, 2.45) is 0 Å². The van der Waals surface area contributed by atoms with E-state index in [0.717, 1.165) is 16.7 Å². The van der Waals surface area contributed by atoms with Crippen molar-refractivity contribution in [3.8, 4) is 0 Å². The first-order valence-electron chi connectivity index (χ1n) is 12.5. The summed E-state index contributed by atoms with van der Waals surface area (Å²) in [7, 11) is 0. The van der Waals surface area contributed by atoms with Crippen molar-refractivity contribution in [1.82, 2.24) is 0 Å². The van der Waals surface area contributed by atoms with Crippen molar-refractivity contribution >= 4 is 76.0 Å². The second kappa shape index (κ2) is 7.02. The molecule has 0 unspecified atom stereocenters. The van der Waals surface area contributed by atoms with Crippen molar-refractivity contribution in [3.05, 3.63) is 115 Å². The third-order valence-corrected chi connectivity index (χ3v) is 7.93. The van der Waals surface area contributed by atoms with Gasteiger partial charge < -0.3 is 0 Å². The molecule has 1 aliphatic rings. The lowest BCUT2D eigenvalue weighted by atomic mass is 9.85. The van der Waals surface area contributed by atoms with Crippen molar-refractivity contribution < 1.29 is 4.79 Å². The number of ketones is 1. The second-order valence-corrected chi connectivity index (χ2v) is 10.3. The summed E-state index contributed by atoms with van der Waals surface area (Å²) >= 11 is 0. The molecule has 0 aromatic heterocycles. The molecule has 0 radical (unpaired) electrons. The monoisotopic (exact) mass is 458 g/mol. The van der Waals surface area contributed by atoms with E-state index >= 15 is 0 Å². The molecule has 0 aliphatic heterocycles. The maximum atomic E-state index is 12.1. The van der Waals surface area contributed by atoms with Crippen LogP contribution in [0.2, 0.25) is 0 Å². The summed E-state index contributed by atoms with van der Waals surface area (Å²) in [6.07, 6.45) is 0.976. The highest BCUT2D eigenvalue weighted by Crippen LogP contribution is 2.36. The Morgan fingerprint density at radius 2 is 0.806 bits per heavy atom. The molecular formula is C35H22O. The van der Waals surface area contributed by atoms with Gasteiger partial charge in [0, 0.05) is 12.8 Å². The molecule has 0 N–H and O–H groups in total. The van der Waals surface area contributed by atoms with E-state index in [1.807, 2.05) is 0 Å². The molecule has 0 amide bonds. The molecule has 0 fully saturated rings. The molecule has 7 aromatic rings. The lowest BCUT2D eigenvalue weighted by Crippen LogP contribution is -2.11. The van der Waals surface area contributed by atoms with Crippen LogP contribution in [0.3, 0.4) is 0 Å². The fourth-order valence-corrected chi connectivity index (χ4v) is 6.13. The standard InChI is InChI=1S/C35H22O/c1-20-6-34(36)18-33-17-31-15-29-13-27-11-25-9-23-7-21-4-2-3-5-22(21)8-24(23)10-26(25)12-28(27)14-30(29)16-32(31)19-35(20)33/h2-5,7-17,19H,1,6,18H2. The van der Waals surface area contributed by atoms with E-state index in [2.05, 4.69) is 104 Å². The fourth-order valence-electron chi connectivity index (χ4n) is 6.13. The number of carbonyl (C=O) groups is 1. The van der Waals surface area contributed by atoms with Gasteiger partial charge in [0.2, 0.25) is 0 Å². The zero-order valence-electron chi connectivity index (χ0n) is 19.8. The first-order chi connectivity index (χ1) is 17.6. The van der Waals surface area contributed by atoms with E-state index in [1.165, 1.54) is 64.6 Å². The summed E-state index contributed by atoms with van der Waals surface area (Å²) in [6, 6.07) is 36.0. The summed E-state index contributed by atoms with van der Waals surface area (Å²) in [5.41, 5.74) is 3.19. The highest BCUT2D eigenvalue weighted by molar-refractivity contribution is 6.12. The molecule has 36 heavy (non-hydrogen) atoms. The van der Waals surface area contributed by atoms with Crippen LogP contribution in [0.15, 0.2) is 104 Å². The minimum atomic E-state index is 0.256. The lowest BCUT2D eigenvalue weighted by molar-refractivity contribution is -0.117. The molecule has 0 atom stereocenters. The third-order valence-electron chi connectivity index (χ3n) is 7.93. The Hall–Kier alpha value is -4.49. The van der Waals surface area contributed by atoms with E-state index in [-0.39, 0.29) is 5.78 Å². The number of allylic oxidation sites excluding steroid dienone is 1. The van der Waals surface area contributed by atoms with Crippen LogP contribution in [0.1, 0.15) is 17.5 Å². The Morgan fingerprint density at radius 1 is 0.444 bits per heavy atom. The SMILES string of the molecule is C=C1CC(=O)Cc2cc3cc4cc5cc6cc7cc8ccccc8cc7cc6cc5cc4cc3cc21. The van der Waals surface area contributed by atoms with Crippen LogP contribution in [-0.4, -0.2) is 5.78 Å². The minimum Gasteiger partial charge on any atom is -0.299 e. The maximum Gasteiger partial charge on any atom is 0.141 e. The molecule has 0 saturated carbocycles. The van der Waals surface area contributed by atoms with Crippen LogP contribution < -0.4 is 0 Å². The molecule has 1 heteroatoms. The van der Waals surface area contributed by atoms with Gasteiger partial charge in [0.25, 0.3) is 0 Å². The van der Waals surface area contributed by atoms with Gasteiger partial charge in [0.05, 0.1) is 0 Å². The summed E-state index contributed by atoms with van der Waals surface area (Å²) in [6.45, 7) is 4.16. The highest BCUT2D eigenvalue weighted by atomic mass is 16.1. The molecule has 1 aliphatic carbocycles. The summed E-state index contributed by atoms with van der Waals surface area (Å²) < 4.78 is 0. The normalized spacial score (nSPS) is 14.0. The Kier molecular flexibility index (Phi) is 3.86. The Balaban J connectivity index is 1.36. The molecule has 0 saturated heterocycles. The smallest absolute Gasteiger partial charge is 0.141 e. The van der Waals surface area contributed by atoms with Crippen LogP contribution in [0, 0.1) is 0 Å². The number of Topliss-reactive ketones (excluding diaryl/α,β-unsaturated/α-hetero) is 1. The summed E-state index contributed by atoms with van der Waals surface area (Å²) in [5, 5.41) is 15.0. The quantitative estimate of drug-likeness (QED) is 0.207. The summed E-state index contributed by atoms with van der Waals surface area (Å²) in [5.74, 6) is 0.256. The number of rotatable bonds is 0. The van der Waals surface area contributed by atoms with Gasteiger partial charge in [-0.1, -0.05) is 36.9 Å². The average Bonchev–Trinajstić information content (AvgIpc) is 2.86. The number of fused-ring (bicyclic) bond motifs is 7. The van der Waals surface area contributed by atoms with Gasteiger partial charge in [-0.25, -0.2) is 0 Å². The van der Waals surface area contributed by atoms with E-state index < -0.39 is 0 Å². The van der Waals surface area contributed by atoms with E-state index in [9.17, 15) is 4.79 Å². The maximum absolute atomic E-state index is 12.1. The van der Waals surface area contributed by atoms with Gasteiger partial charge >= 0.3 is 0 Å². The Labute approximate surface area is 208 Å². The van der Waals surface area contributed by atoms with Crippen LogP contribution in [0.4, 0.5) is 0 Å². The third kappa shape index (κ3) is 2.93. The van der Waals surface area contributed by atoms with Crippen LogP contribution in [0.5, 0.6) is 0 Å². The van der Waals surface area contributed by atoms with Gasteiger partial charge in [-0.2, -0.15) is 0 Å². The van der Waals surface area contributed by atoms with Crippen LogP contribution in [0.25, 0.3) is 70.2 Å². The molecule has 1 nitrogen and oxygen atoms in total. The molecule has 168 valence electrons. The molecular weight excluding hydrogens is 436 g/mol. The fraction of sp³-hybridized carbons (Fsp3) is 0.0571. The predicted octanol–water partition coefficient (Wildman–Crippen LogP) is 9.13. The van der Waals surface area contributed by atoms with Crippen molar-refractivity contribution in [3.63, 3.8) is 0 Å². The zero-order chi connectivity index (χ0) is 24.0. The van der Waals surface area contributed by atoms with Gasteiger partial charge in [-0.3, -0.25) is 4.79 Å². The first-order valence-corrected chi connectivity index (χ1v) is 12.5. The van der Waals surface area contributed by atoms with Gasteiger partial charge in [0.1, 0.15) is 5.78 Å². The van der Waals surface area contributed by atoms with Gasteiger partial charge in [0.15, 0.2) is 0 Å². The Morgan fingerprint density at radius 3 is 1.25 bits per heavy atom. The molecule has 0 bridgehead atoms. The predicted molar refractivity (Wildman–Crippen MR) is 154 cm³/mol. The topological polar surface area (TPSA) is 17.1 Å². The number of carbonyl (C=O) groups excluding carboxylic acids is 1. The van der Waals surface area contributed by atoms with Gasteiger partial charge in [-0.15, -0.1) is 0 Å². The summed E-state index contributed by atoms with van der Waals surface area (Å²) in [4.78, 5) is 12.1. The number of hydrogen-bond donors (Lipinski definition) is 0. The largest absolute Gasteiger partial charge is 0.299 e. The molecule has 0 heterocycles.